The highest BCUT2D eigenvalue weighted by Gasteiger charge is 2.28. The normalized spacial score (nSPS) is 22.0. The molecule has 0 spiro atoms. The molecule has 0 radical (unpaired) electrons. The molecular weight excluding hydrogens is 232 g/mol. The van der Waals surface area contributed by atoms with Crippen LogP contribution in [0.5, 0.6) is 0 Å². The predicted molar refractivity (Wildman–Crippen MR) is 70.2 cm³/mol. The van der Waals surface area contributed by atoms with Gasteiger partial charge in [0.1, 0.15) is 5.60 Å². The molecule has 1 atom stereocenters. The zero-order chi connectivity index (χ0) is 13.8. The van der Waals surface area contributed by atoms with Crippen molar-refractivity contribution in [1.29, 1.82) is 0 Å². The third-order valence-electron chi connectivity index (χ3n) is 2.73. The lowest BCUT2D eigenvalue weighted by Crippen LogP contribution is -2.46. The van der Waals surface area contributed by atoms with Gasteiger partial charge in [-0.05, 0) is 47.7 Å². The molecule has 5 nitrogen and oxygen atoms in total. The van der Waals surface area contributed by atoms with Crippen molar-refractivity contribution in [3.8, 4) is 0 Å². The Kier molecular flexibility index (Phi) is 5.41. The summed E-state index contributed by atoms with van der Waals surface area (Å²) in [7, 11) is 4.06. The van der Waals surface area contributed by atoms with Crippen molar-refractivity contribution in [2.75, 3.05) is 27.2 Å². The van der Waals surface area contributed by atoms with Crippen LogP contribution in [0.3, 0.4) is 0 Å². The summed E-state index contributed by atoms with van der Waals surface area (Å²) in [6.07, 6.45) is 2.70. The first-order chi connectivity index (χ1) is 8.28. The van der Waals surface area contributed by atoms with Crippen LogP contribution in [0.4, 0.5) is 4.79 Å². The van der Waals surface area contributed by atoms with Gasteiger partial charge < -0.3 is 14.5 Å². The van der Waals surface area contributed by atoms with E-state index in [0.29, 0.717) is 0 Å². The van der Waals surface area contributed by atoms with E-state index < -0.39 is 11.8 Å². The Morgan fingerprint density at radius 3 is 2.56 bits per heavy atom. The van der Waals surface area contributed by atoms with E-state index in [2.05, 4.69) is 4.90 Å². The van der Waals surface area contributed by atoms with Crippen molar-refractivity contribution >= 4 is 6.16 Å². The number of hydrogen-bond donors (Lipinski definition) is 0. The molecule has 106 valence electrons. The van der Waals surface area contributed by atoms with Crippen LogP contribution in [0, 0.1) is 0 Å². The second-order valence-electron chi connectivity index (χ2n) is 6.11. The molecule has 0 aromatic rings. The third kappa shape index (κ3) is 5.69. The van der Waals surface area contributed by atoms with Gasteiger partial charge in [0, 0.05) is 13.1 Å². The topological polar surface area (TPSA) is 42.0 Å². The van der Waals surface area contributed by atoms with Gasteiger partial charge in [-0.1, -0.05) is 6.42 Å². The molecule has 1 aliphatic rings. The highest BCUT2D eigenvalue weighted by Crippen LogP contribution is 2.19. The van der Waals surface area contributed by atoms with E-state index in [0.717, 1.165) is 25.9 Å². The number of nitrogens with zero attached hydrogens (tertiary/aromatic N) is 2. The Hall–Kier alpha value is -0.810. The third-order valence-corrected chi connectivity index (χ3v) is 2.73. The lowest BCUT2D eigenvalue weighted by molar-refractivity contribution is -0.178. The second-order valence-corrected chi connectivity index (χ2v) is 6.11. The van der Waals surface area contributed by atoms with Gasteiger partial charge in [-0.2, -0.15) is 0 Å². The Morgan fingerprint density at radius 2 is 2.00 bits per heavy atom. The van der Waals surface area contributed by atoms with Crippen molar-refractivity contribution in [3.63, 3.8) is 0 Å². The lowest BCUT2D eigenvalue weighted by atomic mass is 10.0. The zero-order valence-corrected chi connectivity index (χ0v) is 12.2. The van der Waals surface area contributed by atoms with Crippen molar-refractivity contribution in [3.05, 3.63) is 0 Å². The average Bonchev–Trinajstić information content (AvgIpc) is 2.17. The highest BCUT2D eigenvalue weighted by molar-refractivity contribution is 5.60. The van der Waals surface area contributed by atoms with Crippen LogP contribution in [-0.4, -0.2) is 54.9 Å². The minimum Gasteiger partial charge on any atom is -0.427 e. The standard InChI is InChI=1S/C13H26N2O3/c1-13(2,3)17-12(16)18-15-9-7-6-8-11(15)10-14(4)5/h11H,6-10H2,1-5H3. The number of likely N-dealkylation sites (N-methyl/N-ethyl adjacent to an activating group) is 1. The summed E-state index contributed by atoms with van der Waals surface area (Å²) in [6.45, 7) is 7.19. The fraction of sp³-hybridized carbons (Fsp3) is 0.923. The van der Waals surface area contributed by atoms with Crippen LogP contribution in [0.2, 0.25) is 0 Å². The Labute approximate surface area is 110 Å². The van der Waals surface area contributed by atoms with Gasteiger partial charge in [0.05, 0.1) is 6.04 Å². The summed E-state index contributed by atoms with van der Waals surface area (Å²) < 4.78 is 5.18. The fourth-order valence-corrected chi connectivity index (χ4v) is 2.06. The average molecular weight is 258 g/mol. The van der Waals surface area contributed by atoms with E-state index in [4.69, 9.17) is 9.57 Å². The maximum atomic E-state index is 11.7. The number of hydroxylamine groups is 2. The summed E-state index contributed by atoms with van der Waals surface area (Å²) in [5.41, 5.74) is -0.510. The summed E-state index contributed by atoms with van der Waals surface area (Å²) in [5.74, 6) is 0. The number of hydrogen-bond acceptors (Lipinski definition) is 5. The van der Waals surface area contributed by atoms with Crippen LogP contribution < -0.4 is 0 Å². The first-order valence-electron chi connectivity index (χ1n) is 6.60. The summed E-state index contributed by atoms with van der Waals surface area (Å²) in [6, 6.07) is 0.265. The number of carbonyl (C=O) groups excluding carboxylic acids is 1. The Balaban J connectivity index is 2.48. The van der Waals surface area contributed by atoms with Gasteiger partial charge in [-0.25, -0.2) is 4.79 Å². The molecule has 1 unspecified atom stereocenters. The predicted octanol–water partition coefficient (Wildman–Crippen LogP) is 2.27. The van der Waals surface area contributed by atoms with Gasteiger partial charge in [0.2, 0.25) is 0 Å². The molecule has 1 heterocycles. The SMILES string of the molecule is CN(C)CC1CCCCN1OC(=O)OC(C)(C)C. The maximum absolute atomic E-state index is 11.7. The second kappa shape index (κ2) is 6.38. The molecule has 1 saturated heterocycles. The van der Waals surface area contributed by atoms with Crippen LogP contribution in [0.25, 0.3) is 0 Å². The summed E-state index contributed by atoms with van der Waals surface area (Å²) in [4.78, 5) is 19.1. The number of carbonyl (C=O) groups is 1. The summed E-state index contributed by atoms with van der Waals surface area (Å²) >= 11 is 0. The van der Waals surface area contributed by atoms with Crippen molar-refractivity contribution < 1.29 is 14.4 Å². The molecule has 0 aliphatic carbocycles. The van der Waals surface area contributed by atoms with E-state index in [1.807, 2.05) is 34.9 Å². The van der Waals surface area contributed by atoms with Gasteiger partial charge >= 0.3 is 6.16 Å². The van der Waals surface area contributed by atoms with E-state index in [1.165, 1.54) is 6.42 Å². The van der Waals surface area contributed by atoms with Crippen molar-refractivity contribution in [1.82, 2.24) is 9.96 Å². The maximum Gasteiger partial charge on any atom is 0.528 e. The molecule has 1 fully saturated rings. The highest BCUT2D eigenvalue weighted by atomic mass is 16.8. The van der Waals surface area contributed by atoms with Crippen LogP contribution in [0.15, 0.2) is 0 Å². The molecule has 0 bridgehead atoms. The minimum absolute atomic E-state index is 0.265. The number of ether oxygens (including phenoxy) is 1. The summed E-state index contributed by atoms with van der Waals surface area (Å²) in [5, 5.41) is 1.78. The van der Waals surface area contributed by atoms with Crippen molar-refractivity contribution in [2.24, 2.45) is 0 Å². The fourth-order valence-electron chi connectivity index (χ4n) is 2.06. The van der Waals surface area contributed by atoms with Gasteiger partial charge in [-0.15, -0.1) is 5.06 Å². The van der Waals surface area contributed by atoms with Crippen LogP contribution >= 0.6 is 0 Å². The lowest BCUT2D eigenvalue weighted by Gasteiger charge is -2.35. The molecule has 0 aromatic carbocycles. The van der Waals surface area contributed by atoms with Gasteiger partial charge in [0.25, 0.3) is 0 Å². The van der Waals surface area contributed by atoms with E-state index in [-0.39, 0.29) is 6.04 Å². The minimum atomic E-state index is -0.604. The molecule has 0 amide bonds. The molecule has 5 heteroatoms. The molecular formula is C13H26N2O3. The number of piperidine rings is 1. The van der Waals surface area contributed by atoms with Gasteiger partial charge in [-0.3, -0.25) is 0 Å². The van der Waals surface area contributed by atoms with Crippen molar-refractivity contribution in [2.45, 2.75) is 51.7 Å². The zero-order valence-electron chi connectivity index (χ0n) is 12.2. The van der Waals surface area contributed by atoms with E-state index in [9.17, 15) is 4.79 Å². The molecule has 0 aromatic heterocycles. The van der Waals surface area contributed by atoms with Crippen LogP contribution in [0.1, 0.15) is 40.0 Å². The van der Waals surface area contributed by atoms with Crippen LogP contribution in [-0.2, 0) is 9.57 Å². The Morgan fingerprint density at radius 1 is 1.33 bits per heavy atom. The molecule has 1 rings (SSSR count). The molecule has 0 saturated carbocycles. The smallest absolute Gasteiger partial charge is 0.427 e. The molecule has 0 N–H and O–H groups in total. The quantitative estimate of drug-likeness (QED) is 0.726. The largest absolute Gasteiger partial charge is 0.528 e. The van der Waals surface area contributed by atoms with Gasteiger partial charge in [0.15, 0.2) is 0 Å². The first-order valence-corrected chi connectivity index (χ1v) is 6.60. The molecule has 18 heavy (non-hydrogen) atoms. The molecule has 1 aliphatic heterocycles. The Bertz CT molecular complexity index is 274. The number of rotatable bonds is 3. The first kappa shape index (κ1) is 15.2. The monoisotopic (exact) mass is 258 g/mol. The van der Waals surface area contributed by atoms with E-state index in [1.54, 1.807) is 5.06 Å². The van der Waals surface area contributed by atoms with E-state index >= 15 is 0 Å².